The average Bonchev–Trinajstić information content (AvgIpc) is 3.10. The third kappa shape index (κ3) is 6.10. The Morgan fingerprint density at radius 1 is 1.03 bits per heavy atom. The molecule has 2 amide bonds. The number of nitrogens with one attached hydrogen (secondary N) is 1. The van der Waals surface area contributed by atoms with Crippen LogP contribution in [0.2, 0.25) is 0 Å². The Balaban J connectivity index is 1.63. The number of benzene rings is 2. The first kappa shape index (κ1) is 24.3. The van der Waals surface area contributed by atoms with Crippen molar-refractivity contribution in [2.75, 3.05) is 26.8 Å². The number of fused-ring (bicyclic) bond motifs is 3. The summed E-state index contributed by atoms with van der Waals surface area (Å²) in [5.41, 5.74) is 4.33. The molecule has 1 unspecified atom stereocenters. The summed E-state index contributed by atoms with van der Waals surface area (Å²) in [4.78, 5) is 37.9. The van der Waals surface area contributed by atoms with Gasteiger partial charge < -0.3 is 24.8 Å². The molecule has 2 aromatic carbocycles. The van der Waals surface area contributed by atoms with Gasteiger partial charge in [-0.05, 0) is 36.1 Å². The summed E-state index contributed by atoms with van der Waals surface area (Å²) in [5, 5.41) is 11.6. The molecule has 1 aliphatic rings. The van der Waals surface area contributed by atoms with Crippen LogP contribution in [0.15, 0.2) is 48.5 Å². The summed E-state index contributed by atoms with van der Waals surface area (Å²) in [6.45, 7) is 4.43. The molecule has 0 spiro atoms. The maximum Gasteiger partial charge on any atom is 0.407 e. The van der Waals surface area contributed by atoms with Crippen LogP contribution in [-0.2, 0) is 19.1 Å². The number of carboxylic acids is 1. The van der Waals surface area contributed by atoms with E-state index >= 15 is 0 Å². The minimum atomic E-state index is -1.23. The number of carbonyl (C=O) groups excluding carboxylic acids is 2. The van der Waals surface area contributed by atoms with E-state index in [0.29, 0.717) is 6.61 Å². The fourth-order valence-corrected chi connectivity index (χ4v) is 3.96. The number of likely N-dealkylation sites (N-methyl/N-ethyl adjacent to an activating group) is 1. The monoisotopic (exact) mass is 454 g/mol. The van der Waals surface area contributed by atoms with Gasteiger partial charge in [0.2, 0.25) is 5.91 Å². The van der Waals surface area contributed by atoms with Gasteiger partial charge in [0.1, 0.15) is 12.6 Å². The van der Waals surface area contributed by atoms with E-state index in [4.69, 9.17) is 9.47 Å². The van der Waals surface area contributed by atoms with Crippen LogP contribution in [0.1, 0.15) is 37.3 Å². The zero-order chi connectivity index (χ0) is 24.0. The Hall–Kier alpha value is -3.39. The molecule has 0 aromatic heterocycles. The molecule has 0 aliphatic heterocycles. The number of nitrogens with zero attached hydrogens (tertiary/aromatic N) is 1. The minimum Gasteiger partial charge on any atom is -0.481 e. The highest BCUT2D eigenvalue weighted by Gasteiger charge is 2.31. The number of carbonyl (C=O) groups is 3. The molecule has 8 heteroatoms. The number of amides is 2. The van der Waals surface area contributed by atoms with Crippen molar-refractivity contribution in [3.8, 4) is 11.1 Å². The van der Waals surface area contributed by atoms with Gasteiger partial charge in [-0.3, -0.25) is 9.59 Å². The smallest absolute Gasteiger partial charge is 0.407 e. The predicted octanol–water partition coefficient (Wildman–Crippen LogP) is 3.25. The quantitative estimate of drug-likeness (QED) is 0.571. The van der Waals surface area contributed by atoms with E-state index < -0.39 is 30.4 Å². The summed E-state index contributed by atoms with van der Waals surface area (Å²) in [6.07, 6.45) is -1.36. The zero-order valence-corrected chi connectivity index (χ0v) is 19.1. The van der Waals surface area contributed by atoms with Gasteiger partial charge >= 0.3 is 12.1 Å². The lowest BCUT2D eigenvalue weighted by atomic mass is 9.98. The normalized spacial score (nSPS) is 13.2. The number of carboxylic acid groups (broad SMARTS) is 1. The fourth-order valence-electron chi connectivity index (χ4n) is 3.96. The van der Waals surface area contributed by atoms with Crippen LogP contribution in [0.4, 0.5) is 4.79 Å². The molecule has 0 bridgehead atoms. The molecule has 0 fully saturated rings. The highest BCUT2D eigenvalue weighted by molar-refractivity contribution is 5.89. The molecule has 33 heavy (non-hydrogen) atoms. The average molecular weight is 455 g/mol. The van der Waals surface area contributed by atoms with Crippen molar-refractivity contribution in [3.63, 3.8) is 0 Å². The second-order valence-corrected chi connectivity index (χ2v) is 8.30. The Kier molecular flexibility index (Phi) is 8.06. The van der Waals surface area contributed by atoms with Gasteiger partial charge in [0, 0.05) is 19.5 Å². The maximum absolute atomic E-state index is 12.7. The van der Waals surface area contributed by atoms with Gasteiger partial charge in [0.25, 0.3) is 0 Å². The fraction of sp³-hybridized carbons (Fsp3) is 0.400. The standard InChI is InChI=1S/C25H30N2O6/c1-16(2)32-13-12-27(3)24(30)22(14-23(28)29)26-25(31)33-15-21-19-10-6-4-8-17(19)18-9-5-7-11-20(18)21/h4-11,16,21-22H,12-15H2,1-3H3,(H,26,31)(H,28,29). The van der Waals surface area contributed by atoms with Gasteiger partial charge in [-0.2, -0.15) is 0 Å². The molecule has 3 rings (SSSR count). The molecule has 2 N–H and O–H groups in total. The van der Waals surface area contributed by atoms with Crippen LogP contribution in [0.3, 0.4) is 0 Å². The third-order valence-corrected chi connectivity index (χ3v) is 5.57. The number of hydrogen-bond acceptors (Lipinski definition) is 5. The molecule has 1 atom stereocenters. The van der Waals surface area contributed by atoms with E-state index in [9.17, 15) is 19.5 Å². The molecule has 2 aromatic rings. The molecular weight excluding hydrogens is 424 g/mol. The molecule has 0 heterocycles. The number of alkyl carbamates (subject to hydrolysis) is 1. The van der Waals surface area contributed by atoms with Crippen LogP contribution in [0, 0.1) is 0 Å². The summed E-state index contributed by atoms with van der Waals surface area (Å²) >= 11 is 0. The Morgan fingerprint density at radius 2 is 1.61 bits per heavy atom. The highest BCUT2D eigenvalue weighted by atomic mass is 16.5. The summed E-state index contributed by atoms with van der Waals surface area (Å²) < 4.78 is 10.9. The Bertz CT molecular complexity index is 960. The van der Waals surface area contributed by atoms with Crippen molar-refractivity contribution in [3.05, 3.63) is 59.7 Å². The van der Waals surface area contributed by atoms with Crippen LogP contribution < -0.4 is 5.32 Å². The molecule has 0 saturated heterocycles. The molecule has 0 saturated carbocycles. The second kappa shape index (κ2) is 11.0. The van der Waals surface area contributed by atoms with Crippen molar-refractivity contribution >= 4 is 18.0 Å². The van der Waals surface area contributed by atoms with Gasteiger partial charge in [-0.25, -0.2) is 4.79 Å². The Labute approximate surface area is 193 Å². The van der Waals surface area contributed by atoms with Crippen molar-refractivity contribution in [2.24, 2.45) is 0 Å². The second-order valence-electron chi connectivity index (χ2n) is 8.30. The van der Waals surface area contributed by atoms with Gasteiger partial charge in [-0.15, -0.1) is 0 Å². The molecule has 0 radical (unpaired) electrons. The highest BCUT2D eigenvalue weighted by Crippen LogP contribution is 2.44. The largest absolute Gasteiger partial charge is 0.481 e. The van der Waals surface area contributed by atoms with E-state index in [1.54, 1.807) is 7.05 Å². The first-order valence-electron chi connectivity index (χ1n) is 11.0. The predicted molar refractivity (Wildman–Crippen MR) is 123 cm³/mol. The number of ether oxygens (including phenoxy) is 2. The van der Waals surface area contributed by atoms with Crippen LogP contribution in [0.5, 0.6) is 0 Å². The summed E-state index contributed by atoms with van der Waals surface area (Å²) in [7, 11) is 1.54. The van der Waals surface area contributed by atoms with Crippen molar-refractivity contribution in [2.45, 2.75) is 38.3 Å². The van der Waals surface area contributed by atoms with E-state index in [-0.39, 0.29) is 25.2 Å². The van der Waals surface area contributed by atoms with Crippen molar-refractivity contribution < 1.29 is 29.0 Å². The molecule has 176 valence electrons. The number of rotatable bonds is 10. The third-order valence-electron chi connectivity index (χ3n) is 5.57. The van der Waals surface area contributed by atoms with Gasteiger partial charge in [0.05, 0.1) is 19.1 Å². The van der Waals surface area contributed by atoms with Gasteiger partial charge in [0.15, 0.2) is 0 Å². The molecule has 8 nitrogen and oxygen atoms in total. The summed E-state index contributed by atoms with van der Waals surface area (Å²) in [6, 6.07) is 14.7. The van der Waals surface area contributed by atoms with Gasteiger partial charge in [-0.1, -0.05) is 48.5 Å². The first-order valence-corrected chi connectivity index (χ1v) is 11.0. The SMILES string of the molecule is CC(C)OCCN(C)C(=O)C(CC(=O)O)NC(=O)OCC1c2ccccc2-c2ccccc21. The van der Waals surface area contributed by atoms with E-state index in [1.807, 2.05) is 62.4 Å². The van der Waals surface area contributed by atoms with Crippen molar-refractivity contribution in [1.82, 2.24) is 10.2 Å². The zero-order valence-electron chi connectivity index (χ0n) is 19.1. The van der Waals surface area contributed by atoms with E-state index in [2.05, 4.69) is 5.32 Å². The first-order chi connectivity index (χ1) is 15.8. The number of hydrogen-bond donors (Lipinski definition) is 2. The topological polar surface area (TPSA) is 105 Å². The lowest BCUT2D eigenvalue weighted by Crippen LogP contribution is -2.49. The summed E-state index contributed by atoms with van der Waals surface area (Å²) in [5.74, 6) is -1.84. The van der Waals surface area contributed by atoms with E-state index in [0.717, 1.165) is 22.3 Å². The molecular formula is C25H30N2O6. The van der Waals surface area contributed by atoms with Crippen LogP contribution >= 0.6 is 0 Å². The maximum atomic E-state index is 12.7. The Morgan fingerprint density at radius 3 is 2.15 bits per heavy atom. The van der Waals surface area contributed by atoms with Crippen molar-refractivity contribution in [1.29, 1.82) is 0 Å². The lowest BCUT2D eigenvalue weighted by molar-refractivity contribution is -0.142. The lowest BCUT2D eigenvalue weighted by Gasteiger charge is -2.24. The molecule has 1 aliphatic carbocycles. The minimum absolute atomic E-state index is 0.0160. The number of aliphatic carboxylic acids is 1. The van der Waals surface area contributed by atoms with Crippen LogP contribution in [-0.4, -0.2) is 66.9 Å². The van der Waals surface area contributed by atoms with E-state index in [1.165, 1.54) is 4.90 Å². The van der Waals surface area contributed by atoms with Crippen LogP contribution in [0.25, 0.3) is 11.1 Å².